The third-order valence-corrected chi connectivity index (χ3v) is 5.84. The molecule has 1 aromatic carbocycles. The maximum Gasteiger partial charge on any atom is 0.220 e. The van der Waals surface area contributed by atoms with Crippen molar-refractivity contribution in [1.29, 1.82) is 0 Å². The molecule has 1 amide bonds. The molecule has 1 atom stereocenters. The van der Waals surface area contributed by atoms with Gasteiger partial charge < -0.3 is 9.88 Å². The van der Waals surface area contributed by atoms with Crippen molar-refractivity contribution in [2.75, 3.05) is 0 Å². The number of hydrogen-bond donors (Lipinski definition) is 1. The Balaban J connectivity index is 1.32. The van der Waals surface area contributed by atoms with E-state index in [1.54, 1.807) is 11.3 Å². The molecule has 6 heteroatoms. The molecule has 1 N–H and O–H groups in total. The van der Waals surface area contributed by atoms with Gasteiger partial charge in [0.2, 0.25) is 5.91 Å². The molecule has 3 heterocycles. The molecule has 0 spiro atoms. The average Bonchev–Trinajstić information content (AvgIpc) is 3.29. The molecular weight excluding hydrogens is 356 g/mol. The Morgan fingerprint density at radius 2 is 2.04 bits per heavy atom. The van der Waals surface area contributed by atoms with Crippen LogP contribution in [0.4, 0.5) is 0 Å². The highest BCUT2D eigenvalue weighted by Crippen LogP contribution is 2.18. The number of carbonyl (C=O) groups is 1. The summed E-state index contributed by atoms with van der Waals surface area (Å²) in [4.78, 5) is 12.3. The summed E-state index contributed by atoms with van der Waals surface area (Å²) in [7, 11) is 0. The van der Waals surface area contributed by atoms with Crippen molar-refractivity contribution in [2.24, 2.45) is 0 Å². The largest absolute Gasteiger partial charge is 0.353 e. The highest BCUT2D eigenvalue weighted by molar-refractivity contribution is 7.07. The predicted octanol–water partition coefficient (Wildman–Crippen LogP) is 3.38. The summed E-state index contributed by atoms with van der Waals surface area (Å²) in [5, 5.41) is 16.2. The van der Waals surface area contributed by atoms with Gasteiger partial charge in [-0.25, -0.2) is 0 Å². The Morgan fingerprint density at radius 3 is 2.85 bits per heavy atom. The van der Waals surface area contributed by atoms with Gasteiger partial charge in [0.15, 0.2) is 0 Å². The van der Waals surface area contributed by atoms with E-state index < -0.39 is 0 Å². The van der Waals surface area contributed by atoms with Crippen molar-refractivity contribution < 1.29 is 4.79 Å². The van der Waals surface area contributed by atoms with Crippen LogP contribution in [0.5, 0.6) is 0 Å². The van der Waals surface area contributed by atoms with E-state index in [4.69, 9.17) is 0 Å². The predicted molar refractivity (Wildman–Crippen MR) is 107 cm³/mol. The van der Waals surface area contributed by atoms with Crippen LogP contribution in [0.1, 0.15) is 42.0 Å². The summed E-state index contributed by atoms with van der Waals surface area (Å²) in [5.74, 6) is 2.20. The molecule has 0 radical (unpaired) electrons. The lowest BCUT2D eigenvalue weighted by Gasteiger charge is -2.16. The Labute approximate surface area is 163 Å². The third-order valence-electron chi connectivity index (χ3n) is 5.11. The van der Waals surface area contributed by atoms with Crippen LogP contribution in [0.3, 0.4) is 0 Å². The summed E-state index contributed by atoms with van der Waals surface area (Å²) in [6, 6.07) is 12.7. The van der Waals surface area contributed by atoms with Crippen LogP contribution in [0.15, 0.2) is 47.2 Å². The van der Waals surface area contributed by atoms with Gasteiger partial charge in [-0.15, -0.1) is 10.2 Å². The number of aromatic nitrogens is 3. The number of nitrogens with one attached hydrogen (secondary N) is 1. The van der Waals surface area contributed by atoms with Crippen LogP contribution < -0.4 is 5.32 Å². The fourth-order valence-corrected chi connectivity index (χ4v) is 4.30. The second-order valence-corrected chi connectivity index (χ2v) is 7.85. The number of rotatable bonds is 6. The fourth-order valence-electron chi connectivity index (χ4n) is 3.59. The summed E-state index contributed by atoms with van der Waals surface area (Å²) < 4.78 is 2.24. The fraction of sp³-hybridized carbons (Fsp3) is 0.381. The molecule has 1 unspecified atom stereocenters. The van der Waals surface area contributed by atoms with Crippen molar-refractivity contribution in [2.45, 2.75) is 51.1 Å². The number of fused-ring (bicyclic) bond motifs is 1. The van der Waals surface area contributed by atoms with Crippen molar-refractivity contribution in [3.05, 3.63) is 69.9 Å². The molecule has 0 bridgehead atoms. The zero-order chi connectivity index (χ0) is 18.5. The van der Waals surface area contributed by atoms with E-state index in [1.807, 2.05) is 6.07 Å². The van der Waals surface area contributed by atoms with Gasteiger partial charge in [0.1, 0.15) is 11.6 Å². The standard InChI is InChI=1S/C21H24N4OS/c26-21(9-6-17-11-13-27-15-17)22-18-7-8-19-23-24-20(25(19)12-10-18)14-16-4-2-1-3-5-16/h1-5,11,13,15,18H,6-10,12,14H2,(H,22,26). The van der Waals surface area contributed by atoms with E-state index in [2.05, 4.69) is 61.2 Å². The number of carbonyl (C=O) groups excluding carboxylic acids is 1. The molecule has 1 aliphatic heterocycles. The van der Waals surface area contributed by atoms with E-state index in [9.17, 15) is 4.79 Å². The normalized spacial score (nSPS) is 16.5. The molecule has 1 aliphatic rings. The van der Waals surface area contributed by atoms with Crippen molar-refractivity contribution in [3.8, 4) is 0 Å². The van der Waals surface area contributed by atoms with Crippen molar-refractivity contribution >= 4 is 17.2 Å². The van der Waals surface area contributed by atoms with Crippen LogP contribution in [-0.4, -0.2) is 26.7 Å². The Morgan fingerprint density at radius 1 is 1.15 bits per heavy atom. The molecule has 4 rings (SSSR count). The second-order valence-electron chi connectivity index (χ2n) is 7.07. The van der Waals surface area contributed by atoms with Gasteiger partial charge in [0.05, 0.1) is 0 Å². The van der Waals surface area contributed by atoms with E-state index in [-0.39, 0.29) is 11.9 Å². The van der Waals surface area contributed by atoms with E-state index in [1.165, 1.54) is 11.1 Å². The third kappa shape index (κ3) is 4.63. The van der Waals surface area contributed by atoms with Gasteiger partial charge in [0, 0.05) is 31.8 Å². The van der Waals surface area contributed by atoms with Crippen LogP contribution in [-0.2, 0) is 30.6 Å². The lowest BCUT2D eigenvalue weighted by molar-refractivity contribution is -0.121. The average molecular weight is 381 g/mol. The van der Waals surface area contributed by atoms with Gasteiger partial charge in [-0.05, 0) is 47.2 Å². The summed E-state index contributed by atoms with van der Waals surface area (Å²) in [6.07, 6.45) is 4.88. The van der Waals surface area contributed by atoms with Crippen molar-refractivity contribution in [3.63, 3.8) is 0 Å². The zero-order valence-electron chi connectivity index (χ0n) is 15.3. The number of amides is 1. The maximum atomic E-state index is 12.3. The van der Waals surface area contributed by atoms with E-state index in [0.717, 1.165) is 50.3 Å². The quantitative estimate of drug-likeness (QED) is 0.713. The lowest BCUT2D eigenvalue weighted by atomic mass is 10.1. The minimum atomic E-state index is 0.147. The second kappa shape index (κ2) is 8.48. The monoisotopic (exact) mass is 380 g/mol. The summed E-state index contributed by atoms with van der Waals surface area (Å²) in [5.41, 5.74) is 2.49. The summed E-state index contributed by atoms with van der Waals surface area (Å²) >= 11 is 1.68. The number of aryl methyl sites for hydroxylation is 2. The van der Waals surface area contributed by atoms with Gasteiger partial charge in [-0.2, -0.15) is 11.3 Å². The molecule has 0 saturated heterocycles. The van der Waals surface area contributed by atoms with Gasteiger partial charge in [-0.3, -0.25) is 4.79 Å². The number of thiophene rings is 1. The molecular formula is C21H24N4OS. The van der Waals surface area contributed by atoms with Crippen LogP contribution in [0.25, 0.3) is 0 Å². The zero-order valence-corrected chi connectivity index (χ0v) is 16.1. The van der Waals surface area contributed by atoms with Crippen LogP contribution in [0, 0.1) is 0 Å². The van der Waals surface area contributed by atoms with Gasteiger partial charge >= 0.3 is 0 Å². The van der Waals surface area contributed by atoms with Gasteiger partial charge in [0.25, 0.3) is 0 Å². The smallest absolute Gasteiger partial charge is 0.220 e. The molecule has 0 aliphatic carbocycles. The van der Waals surface area contributed by atoms with E-state index in [0.29, 0.717) is 6.42 Å². The molecule has 2 aromatic heterocycles. The minimum Gasteiger partial charge on any atom is -0.353 e. The first-order chi connectivity index (χ1) is 13.3. The molecule has 27 heavy (non-hydrogen) atoms. The minimum absolute atomic E-state index is 0.147. The molecule has 140 valence electrons. The Hall–Kier alpha value is -2.47. The molecule has 0 saturated carbocycles. The Bertz CT molecular complexity index is 873. The summed E-state index contributed by atoms with van der Waals surface area (Å²) in [6.45, 7) is 0.861. The maximum absolute atomic E-state index is 12.3. The van der Waals surface area contributed by atoms with Crippen molar-refractivity contribution in [1.82, 2.24) is 20.1 Å². The first kappa shape index (κ1) is 17.9. The SMILES string of the molecule is O=C(CCc1ccsc1)NC1CCc2nnc(Cc3ccccc3)n2CC1. The molecule has 5 nitrogen and oxygen atoms in total. The highest BCUT2D eigenvalue weighted by atomic mass is 32.1. The molecule has 3 aromatic rings. The highest BCUT2D eigenvalue weighted by Gasteiger charge is 2.21. The van der Waals surface area contributed by atoms with Crippen LogP contribution in [0.2, 0.25) is 0 Å². The van der Waals surface area contributed by atoms with Crippen LogP contribution >= 0.6 is 11.3 Å². The first-order valence-electron chi connectivity index (χ1n) is 9.53. The first-order valence-corrected chi connectivity index (χ1v) is 10.5. The lowest BCUT2D eigenvalue weighted by Crippen LogP contribution is -2.35. The number of nitrogens with zero attached hydrogens (tertiary/aromatic N) is 3. The topological polar surface area (TPSA) is 59.8 Å². The number of hydrogen-bond acceptors (Lipinski definition) is 4. The Kier molecular flexibility index (Phi) is 5.63. The molecule has 0 fully saturated rings. The van der Waals surface area contributed by atoms with E-state index >= 15 is 0 Å². The number of benzene rings is 1. The van der Waals surface area contributed by atoms with Gasteiger partial charge in [-0.1, -0.05) is 30.3 Å².